The number of rotatable bonds is 12. The van der Waals surface area contributed by atoms with Crippen molar-refractivity contribution >= 4 is 34.3 Å². The van der Waals surface area contributed by atoms with Crippen molar-refractivity contribution in [3.8, 4) is 22.8 Å². The number of halogens is 3. The number of amides is 2. The van der Waals surface area contributed by atoms with Crippen LogP contribution in [-0.2, 0) is 16.8 Å². The number of aliphatic hydroxyl groups is 1. The standard InChI is InChI=1S/C33H30ClF2N7O5/c1-3-48-31-17(9-28(37)44)8-27(41-30(31)22-10-23(34)25(36)11-24(22)35)33(46,20-12-38-16-39-13-20)15-40-32(45)18-6-19-14-43(21-4-5-21)42-29(19)26(7-18)47-2/h6-8,10-14,16,21,46H,3-5,9,15H2,1-2H3,(H2,37,44)(H,40,45)/t33-/m1/s1. The number of primary amides is 1. The Morgan fingerprint density at radius 1 is 1.15 bits per heavy atom. The van der Waals surface area contributed by atoms with Crippen LogP contribution < -0.4 is 20.5 Å². The molecule has 0 unspecified atom stereocenters. The Morgan fingerprint density at radius 2 is 1.90 bits per heavy atom. The van der Waals surface area contributed by atoms with E-state index in [0.29, 0.717) is 28.8 Å². The van der Waals surface area contributed by atoms with Crippen molar-refractivity contribution in [3.05, 3.63) is 94.3 Å². The topological polar surface area (TPSA) is 167 Å². The van der Waals surface area contributed by atoms with Gasteiger partial charge in [0.25, 0.3) is 5.91 Å². The molecule has 5 aromatic rings. The van der Waals surface area contributed by atoms with Crippen molar-refractivity contribution in [2.75, 3.05) is 20.3 Å². The van der Waals surface area contributed by atoms with Gasteiger partial charge in [-0.15, -0.1) is 0 Å². The van der Waals surface area contributed by atoms with Crippen LogP contribution in [0.3, 0.4) is 0 Å². The first-order valence-corrected chi connectivity index (χ1v) is 15.3. The fourth-order valence-electron chi connectivity index (χ4n) is 5.41. The van der Waals surface area contributed by atoms with Crippen molar-refractivity contribution in [3.63, 3.8) is 0 Å². The lowest BCUT2D eigenvalue weighted by Crippen LogP contribution is -2.42. The van der Waals surface area contributed by atoms with Gasteiger partial charge < -0.3 is 25.6 Å². The number of nitrogens with zero attached hydrogens (tertiary/aromatic N) is 5. The Kier molecular flexibility index (Phi) is 8.95. The van der Waals surface area contributed by atoms with Crippen molar-refractivity contribution in [1.82, 2.24) is 30.0 Å². The molecule has 2 amide bonds. The maximum atomic E-state index is 15.3. The summed E-state index contributed by atoms with van der Waals surface area (Å²) in [5, 5.41) is 20.0. The molecule has 0 aliphatic heterocycles. The summed E-state index contributed by atoms with van der Waals surface area (Å²) in [6.45, 7) is 1.26. The van der Waals surface area contributed by atoms with Crippen LogP contribution in [0, 0.1) is 11.6 Å². The van der Waals surface area contributed by atoms with Crippen LogP contribution in [0.15, 0.2) is 55.2 Å². The highest BCUT2D eigenvalue weighted by Gasteiger charge is 2.37. The molecule has 1 fully saturated rings. The second-order valence-electron chi connectivity index (χ2n) is 11.3. The zero-order valence-electron chi connectivity index (χ0n) is 25.8. The first-order valence-electron chi connectivity index (χ1n) is 15.0. The van der Waals surface area contributed by atoms with Crippen molar-refractivity contribution in [2.24, 2.45) is 5.73 Å². The number of carbonyl (C=O) groups excluding carboxylic acids is 2. The predicted octanol–water partition coefficient (Wildman–Crippen LogP) is 4.26. The van der Waals surface area contributed by atoms with Crippen molar-refractivity contribution < 1.29 is 33.0 Å². The first kappa shape index (κ1) is 32.7. The lowest BCUT2D eigenvalue weighted by molar-refractivity contribution is -0.117. The fourth-order valence-corrected chi connectivity index (χ4v) is 5.57. The van der Waals surface area contributed by atoms with E-state index in [9.17, 15) is 19.1 Å². The van der Waals surface area contributed by atoms with Crippen molar-refractivity contribution in [1.29, 1.82) is 0 Å². The number of carbonyl (C=O) groups is 2. The van der Waals surface area contributed by atoms with Crippen LogP contribution in [0.25, 0.3) is 22.2 Å². The number of methoxy groups -OCH3 is 1. The smallest absolute Gasteiger partial charge is 0.251 e. The van der Waals surface area contributed by atoms with E-state index in [1.165, 1.54) is 31.9 Å². The van der Waals surface area contributed by atoms with Gasteiger partial charge in [-0.3, -0.25) is 14.3 Å². The van der Waals surface area contributed by atoms with E-state index in [-0.39, 0.29) is 46.0 Å². The summed E-state index contributed by atoms with van der Waals surface area (Å²) in [4.78, 5) is 38.4. The predicted molar refractivity (Wildman–Crippen MR) is 171 cm³/mol. The molecule has 3 aromatic heterocycles. The summed E-state index contributed by atoms with van der Waals surface area (Å²) in [6.07, 6.45) is 7.40. The minimum atomic E-state index is -2.16. The second kappa shape index (κ2) is 13.1. The third-order valence-electron chi connectivity index (χ3n) is 7.93. The van der Waals surface area contributed by atoms with Gasteiger partial charge in [-0.25, -0.2) is 23.7 Å². The van der Waals surface area contributed by atoms with Crippen LogP contribution in [0.2, 0.25) is 5.02 Å². The summed E-state index contributed by atoms with van der Waals surface area (Å²) in [5.41, 5.74) is 3.90. The number of nitrogens with two attached hydrogens (primary N) is 1. The van der Waals surface area contributed by atoms with Gasteiger partial charge in [0.05, 0.1) is 43.4 Å². The molecule has 15 heteroatoms. The summed E-state index contributed by atoms with van der Waals surface area (Å²) in [6, 6.07) is 6.51. The molecule has 48 heavy (non-hydrogen) atoms. The van der Waals surface area contributed by atoms with Crippen LogP contribution in [0.4, 0.5) is 8.78 Å². The highest BCUT2D eigenvalue weighted by atomic mass is 35.5. The highest BCUT2D eigenvalue weighted by Crippen LogP contribution is 2.40. The minimum absolute atomic E-state index is 0.0236. The molecule has 6 rings (SSSR count). The Morgan fingerprint density at radius 3 is 2.56 bits per heavy atom. The number of aromatic nitrogens is 5. The fraction of sp³-hybridized carbons (Fsp3) is 0.273. The van der Waals surface area contributed by atoms with E-state index in [4.69, 9.17) is 26.8 Å². The zero-order valence-corrected chi connectivity index (χ0v) is 26.6. The Balaban J connectivity index is 1.45. The minimum Gasteiger partial charge on any atom is -0.494 e. The number of nitrogens with one attached hydrogen (secondary N) is 1. The Hall–Kier alpha value is -5.21. The number of pyridine rings is 1. The molecule has 4 N–H and O–H groups in total. The SMILES string of the molecule is CCOc1c(CC(N)=O)cc([C@@](O)(CNC(=O)c2cc(OC)c3nn(C4CC4)cc3c2)c2cncnc2)nc1-c1cc(Cl)c(F)cc1F. The summed E-state index contributed by atoms with van der Waals surface area (Å²) >= 11 is 6.02. The molecule has 0 spiro atoms. The maximum absolute atomic E-state index is 15.3. The van der Waals surface area contributed by atoms with E-state index in [1.54, 1.807) is 19.1 Å². The normalized spacial score (nSPS) is 14.0. The third kappa shape index (κ3) is 6.36. The molecule has 12 nitrogen and oxygen atoms in total. The lowest BCUT2D eigenvalue weighted by atomic mass is 9.89. The molecule has 1 aliphatic carbocycles. The summed E-state index contributed by atoms with van der Waals surface area (Å²) in [7, 11) is 1.48. The lowest BCUT2D eigenvalue weighted by Gasteiger charge is -2.29. The molecule has 0 saturated heterocycles. The quantitative estimate of drug-likeness (QED) is 0.164. The monoisotopic (exact) mass is 677 g/mol. The molecule has 0 radical (unpaired) electrons. The van der Waals surface area contributed by atoms with Gasteiger partial charge in [-0.05, 0) is 44.0 Å². The largest absolute Gasteiger partial charge is 0.494 e. The van der Waals surface area contributed by atoms with E-state index in [1.807, 2.05) is 10.9 Å². The third-order valence-corrected chi connectivity index (χ3v) is 8.22. The zero-order chi connectivity index (χ0) is 34.2. The maximum Gasteiger partial charge on any atom is 0.251 e. The molecular weight excluding hydrogens is 648 g/mol. The van der Waals surface area contributed by atoms with Gasteiger partial charge in [0.1, 0.15) is 40.7 Å². The van der Waals surface area contributed by atoms with E-state index < -0.39 is 47.0 Å². The van der Waals surface area contributed by atoms with Crippen LogP contribution in [0.1, 0.15) is 53.0 Å². The molecule has 1 saturated carbocycles. The number of fused-ring (bicyclic) bond motifs is 1. The van der Waals surface area contributed by atoms with E-state index >= 15 is 4.39 Å². The number of hydrogen-bond donors (Lipinski definition) is 3. The average Bonchev–Trinajstić information content (AvgIpc) is 3.84. The van der Waals surface area contributed by atoms with Gasteiger partial charge in [0.2, 0.25) is 5.91 Å². The highest BCUT2D eigenvalue weighted by molar-refractivity contribution is 6.31. The average molecular weight is 678 g/mol. The molecule has 248 valence electrons. The molecule has 2 aromatic carbocycles. The van der Waals surface area contributed by atoms with Crippen LogP contribution >= 0.6 is 11.6 Å². The first-order chi connectivity index (χ1) is 23.0. The van der Waals surface area contributed by atoms with Gasteiger partial charge in [0, 0.05) is 52.3 Å². The van der Waals surface area contributed by atoms with Gasteiger partial charge >= 0.3 is 0 Å². The van der Waals surface area contributed by atoms with Gasteiger partial charge in [0.15, 0.2) is 5.60 Å². The van der Waals surface area contributed by atoms with Crippen molar-refractivity contribution in [2.45, 2.75) is 37.8 Å². The molecular formula is C33H30ClF2N7O5. The Labute approximate surface area is 277 Å². The summed E-state index contributed by atoms with van der Waals surface area (Å²) in [5.74, 6) is -2.97. The van der Waals surface area contributed by atoms with Gasteiger partial charge in [-0.2, -0.15) is 5.10 Å². The molecule has 1 atom stereocenters. The van der Waals surface area contributed by atoms with E-state index in [2.05, 4.69) is 25.4 Å². The van der Waals surface area contributed by atoms with Gasteiger partial charge in [-0.1, -0.05) is 11.6 Å². The number of ether oxygens (including phenoxy) is 2. The molecule has 3 heterocycles. The van der Waals surface area contributed by atoms with Crippen LogP contribution in [-0.4, -0.2) is 61.9 Å². The summed E-state index contributed by atoms with van der Waals surface area (Å²) < 4.78 is 42.6. The molecule has 0 bridgehead atoms. The number of benzene rings is 2. The second-order valence-corrected chi connectivity index (χ2v) is 11.7. The van der Waals surface area contributed by atoms with E-state index in [0.717, 1.165) is 18.9 Å². The number of hydrogen-bond acceptors (Lipinski definition) is 9. The van der Waals surface area contributed by atoms with Crippen LogP contribution in [0.5, 0.6) is 11.5 Å². The molecule has 1 aliphatic rings. The Bertz CT molecular complexity index is 2040.